The van der Waals surface area contributed by atoms with Crippen LogP contribution in [0, 0.1) is 0 Å². The van der Waals surface area contributed by atoms with E-state index in [9.17, 15) is 4.79 Å². The fraction of sp³-hybridized carbons (Fsp3) is 0.200. The van der Waals surface area contributed by atoms with Gasteiger partial charge >= 0.3 is 0 Å². The zero-order valence-corrected chi connectivity index (χ0v) is 15.8. The molecule has 1 aliphatic heterocycles. The van der Waals surface area contributed by atoms with Crippen LogP contribution in [0.25, 0.3) is 11.3 Å². The molecule has 0 atom stereocenters. The molecule has 5 rings (SSSR count). The van der Waals surface area contributed by atoms with Gasteiger partial charge in [0.2, 0.25) is 12.7 Å². The zero-order valence-electron chi connectivity index (χ0n) is 14.2. The predicted octanol–water partition coefficient (Wildman–Crippen LogP) is 4.86. The van der Waals surface area contributed by atoms with Crippen molar-refractivity contribution in [2.45, 2.75) is 18.3 Å². The second kappa shape index (κ2) is 6.25. The first-order valence-corrected chi connectivity index (χ1v) is 9.83. The molecule has 2 aliphatic rings. The summed E-state index contributed by atoms with van der Waals surface area (Å²) in [6, 6.07) is 13.2. The van der Waals surface area contributed by atoms with Crippen LogP contribution in [0.15, 0.2) is 47.8 Å². The molecule has 1 fully saturated rings. The molecule has 2 heterocycles. The fourth-order valence-corrected chi connectivity index (χ4v) is 4.12. The summed E-state index contributed by atoms with van der Waals surface area (Å²) in [5.74, 6) is 1.43. The van der Waals surface area contributed by atoms with Crippen molar-refractivity contribution >= 4 is 34.0 Å². The number of hydrogen-bond acceptors (Lipinski definition) is 5. The van der Waals surface area contributed by atoms with E-state index in [1.54, 1.807) is 0 Å². The van der Waals surface area contributed by atoms with Gasteiger partial charge in [0, 0.05) is 16.0 Å². The van der Waals surface area contributed by atoms with Crippen LogP contribution in [0.4, 0.5) is 5.13 Å². The summed E-state index contributed by atoms with van der Waals surface area (Å²) in [5, 5.41) is 6.17. The number of amides is 1. The van der Waals surface area contributed by atoms with E-state index in [1.165, 1.54) is 11.3 Å². The average molecular weight is 399 g/mol. The van der Waals surface area contributed by atoms with E-state index in [2.05, 4.69) is 10.3 Å². The molecule has 1 aliphatic carbocycles. The number of aromatic nitrogens is 1. The Morgan fingerprint density at radius 3 is 2.67 bits per heavy atom. The van der Waals surface area contributed by atoms with Crippen LogP contribution in [0.2, 0.25) is 5.02 Å². The van der Waals surface area contributed by atoms with Crippen LogP contribution >= 0.6 is 22.9 Å². The summed E-state index contributed by atoms with van der Waals surface area (Å²) in [4.78, 5) is 17.4. The molecular weight excluding hydrogens is 384 g/mol. The van der Waals surface area contributed by atoms with Crippen molar-refractivity contribution in [2.24, 2.45) is 0 Å². The van der Waals surface area contributed by atoms with E-state index in [-0.39, 0.29) is 12.7 Å². The third-order valence-corrected chi connectivity index (χ3v) is 5.98. The van der Waals surface area contributed by atoms with E-state index in [1.807, 2.05) is 47.8 Å². The number of nitrogens with one attached hydrogen (secondary N) is 1. The molecule has 0 radical (unpaired) electrons. The summed E-state index contributed by atoms with van der Waals surface area (Å²) in [6.07, 6.45) is 1.67. The fourth-order valence-electron chi connectivity index (χ4n) is 3.28. The van der Waals surface area contributed by atoms with Crippen molar-refractivity contribution < 1.29 is 14.3 Å². The lowest BCUT2D eigenvalue weighted by atomic mass is 9.95. The molecule has 1 aromatic heterocycles. The molecule has 0 saturated heterocycles. The summed E-state index contributed by atoms with van der Waals surface area (Å²) < 4.78 is 10.8. The largest absolute Gasteiger partial charge is 0.454 e. The summed E-state index contributed by atoms with van der Waals surface area (Å²) in [5.41, 5.74) is 2.26. The number of ether oxygens (including phenoxy) is 2. The quantitative estimate of drug-likeness (QED) is 0.681. The van der Waals surface area contributed by atoms with E-state index in [0.29, 0.717) is 15.9 Å². The number of hydrogen-bond donors (Lipinski definition) is 1. The van der Waals surface area contributed by atoms with E-state index in [4.69, 9.17) is 21.1 Å². The van der Waals surface area contributed by atoms with Crippen LogP contribution in [-0.4, -0.2) is 17.7 Å². The first-order chi connectivity index (χ1) is 13.1. The number of fused-ring (bicyclic) bond motifs is 1. The number of nitrogens with zero attached hydrogens (tertiary/aromatic N) is 1. The lowest BCUT2D eigenvalue weighted by molar-refractivity contribution is -0.118. The second-order valence-corrected chi connectivity index (χ2v) is 7.94. The van der Waals surface area contributed by atoms with Crippen LogP contribution in [0.5, 0.6) is 11.5 Å². The topological polar surface area (TPSA) is 60.5 Å². The maximum atomic E-state index is 12.9. The van der Waals surface area contributed by atoms with Crippen molar-refractivity contribution in [3.63, 3.8) is 0 Å². The minimum atomic E-state index is -0.463. The van der Waals surface area contributed by atoms with Gasteiger partial charge in [-0.1, -0.05) is 23.7 Å². The van der Waals surface area contributed by atoms with Crippen molar-refractivity contribution in [3.05, 3.63) is 58.4 Å². The van der Waals surface area contributed by atoms with Crippen LogP contribution in [0.1, 0.15) is 18.4 Å². The van der Waals surface area contributed by atoms with E-state index >= 15 is 0 Å². The van der Waals surface area contributed by atoms with Crippen molar-refractivity contribution in [2.75, 3.05) is 12.1 Å². The van der Waals surface area contributed by atoms with Gasteiger partial charge in [0.1, 0.15) is 0 Å². The minimum Gasteiger partial charge on any atom is -0.454 e. The number of halogens is 1. The van der Waals surface area contributed by atoms with E-state index < -0.39 is 5.41 Å². The third kappa shape index (κ3) is 2.95. The smallest absolute Gasteiger partial charge is 0.236 e. The number of thiazole rings is 1. The Morgan fingerprint density at radius 2 is 1.89 bits per heavy atom. The highest BCUT2D eigenvalue weighted by Gasteiger charge is 2.51. The SMILES string of the molecule is O=C(Nc1nc(-c2ccc3c(c2)OCO3)cs1)C1(c2ccc(Cl)cc2)CC1. The van der Waals surface area contributed by atoms with Gasteiger partial charge in [-0.2, -0.15) is 0 Å². The van der Waals surface area contributed by atoms with Gasteiger partial charge in [-0.3, -0.25) is 4.79 Å². The lowest BCUT2D eigenvalue weighted by Crippen LogP contribution is -2.27. The van der Waals surface area contributed by atoms with Crippen LogP contribution in [0.3, 0.4) is 0 Å². The predicted molar refractivity (Wildman–Crippen MR) is 105 cm³/mol. The maximum absolute atomic E-state index is 12.9. The first-order valence-electron chi connectivity index (χ1n) is 8.57. The molecule has 1 N–H and O–H groups in total. The summed E-state index contributed by atoms with van der Waals surface area (Å²) in [6.45, 7) is 0.240. The molecular formula is C20H15ClN2O3S. The summed E-state index contributed by atoms with van der Waals surface area (Å²) >= 11 is 7.37. The maximum Gasteiger partial charge on any atom is 0.236 e. The second-order valence-electron chi connectivity index (χ2n) is 6.65. The van der Waals surface area contributed by atoms with Gasteiger partial charge in [-0.05, 0) is 48.7 Å². The van der Waals surface area contributed by atoms with Crippen LogP contribution in [-0.2, 0) is 10.2 Å². The zero-order chi connectivity index (χ0) is 18.4. The number of anilines is 1. The standard InChI is InChI=1S/C20H15ClN2O3S/c21-14-4-2-13(3-5-14)20(7-8-20)18(24)23-19-22-15(10-27-19)12-1-6-16-17(9-12)26-11-25-16/h1-6,9-10H,7-8,11H2,(H,22,23,24). The van der Waals surface area contributed by atoms with Gasteiger partial charge < -0.3 is 14.8 Å². The van der Waals surface area contributed by atoms with Gasteiger partial charge in [-0.25, -0.2) is 4.98 Å². The Balaban J connectivity index is 1.35. The Morgan fingerprint density at radius 1 is 1.11 bits per heavy atom. The van der Waals surface area contributed by atoms with Crippen molar-refractivity contribution in [1.82, 2.24) is 4.98 Å². The van der Waals surface area contributed by atoms with Crippen molar-refractivity contribution in [3.8, 4) is 22.8 Å². The molecule has 1 amide bonds. The number of carbonyl (C=O) groups excluding carboxylic acids is 1. The Bertz CT molecular complexity index is 1030. The van der Waals surface area contributed by atoms with Crippen molar-refractivity contribution in [1.29, 1.82) is 0 Å². The number of benzene rings is 2. The molecule has 0 bridgehead atoms. The molecule has 0 unspecified atom stereocenters. The third-order valence-electron chi connectivity index (χ3n) is 4.97. The minimum absolute atomic E-state index is 0.0172. The first kappa shape index (κ1) is 16.6. The monoisotopic (exact) mass is 398 g/mol. The molecule has 2 aromatic carbocycles. The Hall–Kier alpha value is -2.57. The molecule has 7 heteroatoms. The molecule has 1 saturated carbocycles. The lowest BCUT2D eigenvalue weighted by Gasteiger charge is -2.14. The summed E-state index contributed by atoms with van der Waals surface area (Å²) in [7, 11) is 0. The highest BCUT2D eigenvalue weighted by molar-refractivity contribution is 7.14. The molecule has 27 heavy (non-hydrogen) atoms. The van der Waals surface area contributed by atoms with Crippen LogP contribution < -0.4 is 14.8 Å². The highest BCUT2D eigenvalue weighted by Crippen LogP contribution is 2.49. The number of carbonyl (C=O) groups is 1. The highest BCUT2D eigenvalue weighted by atomic mass is 35.5. The van der Waals surface area contributed by atoms with Gasteiger partial charge in [0.25, 0.3) is 0 Å². The molecule has 5 nitrogen and oxygen atoms in total. The van der Waals surface area contributed by atoms with Gasteiger partial charge in [0.05, 0.1) is 11.1 Å². The average Bonchev–Trinajstić information content (AvgIpc) is 3.13. The van der Waals surface area contributed by atoms with Gasteiger partial charge in [-0.15, -0.1) is 11.3 Å². The number of rotatable bonds is 4. The Kier molecular flexibility index (Phi) is 3.84. The molecule has 136 valence electrons. The molecule has 0 spiro atoms. The Labute approximate surface area is 164 Å². The van der Waals surface area contributed by atoms with E-state index in [0.717, 1.165) is 35.4 Å². The normalized spacial score (nSPS) is 16.2. The van der Waals surface area contributed by atoms with Gasteiger partial charge in [0.15, 0.2) is 16.6 Å². The molecule has 3 aromatic rings.